The Kier molecular flexibility index (Phi) is 4.82. The van der Waals surface area contributed by atoms with Crippen LogP contribution in [0.3, 0.4) is 0 Å². The van der Waals surface area contributed by atoms with Crippen LogP contribution in [0.1, 0.15) is 45.7 Å². The third-order valence-electron chi connectivity index (χ3n) is 4.75. The van der Waals surface area contributed by atoms with Gasteiger partial charge in [0.1, 0.15) is 10.9 Å². The van der Waals surface area contributed by atoms with E-state index in [-0.39, 0.29) is 11.8 Å². The van der Waals surface area contributed by atoms with Crippen molar-refractivity contribution in [2.45, 2.75) is 45.6 Å². The number of carbonyl (C=O) groups excluding carboxylic acids is 1. The molecule has 1 atom stereocenters. The third kappa shape index (κ3) is 3.35. The van der Waals surface area contributed by atoms with Crippen LogP contribution in [-0.2, 0) is 10.2 Å². The summed E-state index contributed by atoms with van der Waals surface area (Å²) < 4.78 is 0.935. The van der Waals surface area contributed by atoms with Gasteiger partial charge in [0.05, 0.1) is 5.39 Å². The van der Waals surface area contributed by atoms with Crippen LogP contribution in [0, 0.1) is 0 Å². The molecule has 0 bridgehead atoms. The average Bonchev–Trinajstić information content (AvgIpc) is 3.01. The Hall–Kier alpha value is -2.67. The molecule has 0 radical (unpaired) electrons. The monoisotopic (exact) mass is 385 g/mol. The number of rotatable bonds is 4. The number of amides is 1. The van der Waals surface area contributed by atoms with E-state index in [9.17, 15) is 14.4 Å². The zero-order valence-corrected chi connectivity index (χ0v) is 16.6. The number of H-pyrrole nitrogens is 1. The Morgan fingerprint density at radius 2 is 1.85 bits per heavy atom. The summed E-state index contributed by atoms with van der Waals surface area (Å²) in [4.78, 5) is 40.4. The minimum Gasteiger partial charge on any atom is -0.368 e. The third-order valence-corrected chi connectivity index (χ3v) is 5.65. The summed E-state index contributed by atoms with van der Waals surface area (Å²) >= 11 is 1.30. The first kappa shape index (κ1) is 19.1. The molecule has 6 nitrogen and oxygen atoms in total. The van der Waals surface area contributed by atoms with Crippen LogP contribution in [0.25, 0.3) is 21.3 Å². The van der Waals surface area contributed by atoms with Gasteiger partial charge in [-0.05, 0) is 23.0 Å². The number of hydrogen-bond donors (Lipinski definition) is 2. The molecule has 3 aromatic rings. The normalized spacial score (nSPS) is 13.0. The summed E-state index contributed by atoms with van der Waals surface area (Å²) in [6, 6.07) is 7.06. The number of carbonyl (C=O) groups is 1. The summed E-state index contributed by atoms with van der Waals surface area (Å²) in [7, 11) is 0. The largest absolute Gasteiger partial charge is 0.368 e. The van der Waals surface area contributed by atoms with Crippen LogP contribution < -0.4 is 17.0 Å². The fraction of sp³-hybridized carbons (Fsp3) is 0.350. The second kappa shape index (κ2) is 6.81. The molecule has 0 aliphatic heterocycles. The van der Waals surface area contributed by atoms with Crippen molar-refractivity contribution in [3.8, 4) is 11.1 Å². The Bertz CT molecular complexity index is 1110. The van der Waals surface area contributed by atoms with E-state index in [0.29, 0.717) is 10.2 Å². The van der Waals surface area contributed by atoms with Gasteiger partial charge in [-0.3, -0.25) is 14.6 Å². The van der Waals surface area contributed by atoms with E-state index < -0.39 is 23.2 Å². The zero-order chi connectivity index (χ0) is 19.9. The lowest BCUT2D eigenvalue weighted by Crippen LogP contribution is -2.42. The minimum absolute atomic E-state index is 0.0308. The molecule has 1 amide bonds. The van der Waals surface area contributed by atoms with Gasteiger partial charge in [0.15, 0.2) is 0 Å². The first-order valence-corrected chi connectivity index (χ1v) is 9.69. The van der Waals surface area contributed by atoms with Crippen molar-refractivity contribution in [3.63, 3.8) is 0 Å². The van der Waals surface area contributed by atoms with Gasteiger partial charge in [0.25, 0.3) is 5.56 Å². The second-order valence-corrected chi connectivity index (χ2v) is 8.49. The number of fused-ring (bicyclic) bond motifs is 1. The molecule has 2 heterocycles. The van der Waals surface area contributed by atoms with E-state index in [4.69, 9.17) is 5.73 Å². The van der Waals surface area contributed by atoms with E-state index in [1.807, 2.05) is 29.6 Å². The minimum atomic E-state index is -0.971. The lowest BCUT2D eigenvalue weighted by atomic mass is 9.86. The quantitative estimate of drug-likeness (QED) is 0.722. The highest BCUT2D eigenvalue weighted by Gasteiger charge is 2.23. The molecule has 0 saturated carbocycles. The van der Waals surface area contributed by atoms with Crippen molar-refractivity contribution in [1.29, 1.82) is 0 Å². The molecule has 3 N–H and O–H groups in total. The molecule has 3 rings (SSSR count). The number of nitrogens with one attached hydrogen (secondary N) is 1. The second-order valence-electron chi connectivity index (χ2n) is 7.61. The number of benzene rings is 1. The highest BCUT2D eigenvalue weighted by Crippen LogP contribution is 2.32. The van der Waals surface area contributed by atoms with E-state index in [1.165, 1.54) is 16.9 Å². The number of hydrogen-bond acceptors (Lipinski definition) is 4. The Morgan fingerprint density at radius 3 is 2.37 bits per heavy atom. The number of thiophene rings is 1. The molecule has 0 saturated heterocycles. The Labute approximate surface area is 160 Å². The van der Waals surface area contributed by atoms with Gasteiger partial charge >= 0.3 is 5.69 Å². The van der Waals surface area contributed by atoms with Crippen molar-refractivity contribution in [1.82, 2.24) is 9.55 Å². The smallest absolute Gasteiger partial charge is 0.330 e. The molecule has 0 fully saturated rings. The van der Waals surface area contributed by atoms with Gasteiger partial charge in [-0.1, -0.05) is 52.0 Å². The van der Waals surface area contributed by atoms with Crippen molar-refractivity contribution in [2.75, 3.05) is 0 Å². The molecule has 7 heteroatoms. The van der Waals surface area contributed by atoms with Gasteiger partial charge < -0.3 is 5.73 Å². The van der Waals surface area contributed by atoms with Crippen LogP contribution in [0.4, 0.5) is 0 Å². The molecule has 0 aliphatic rings. The van der Waals surface area contributed by atoms with Crippen LogP contribution in [-0.4, -0.2) is 15.5 Å². The first-order chi connectivity index (χ1) is 12.6. The molecule has 1 aromatic carbocycles. The van der Waals surface area contributed by atoms with Gasteiger partial charge in [-0.15, -0.1) is 11.3 Å². The lowest BCUT2D eigenvalue weighted by molar-refractivity contribution is -0.121. The van der Waals surface area contributed by atoms with E-state index in [1.54, 1.807) is 6.92 Å². The summed E-state index contributed by atoms with van der Waals surface area (Å²) in [5.74, 6) is -0.698. The van der Waals surface area contributed by atoms with Crippen molar-refractivity contribution < 1.29 is 4.79 Å². The van der Waals surface area contributed by atoms with Crippen LogP contribution in [0.5, 0.6) is 0 Å². The van der Waals surface area contributed by atoms with Gasteiger partial charge in [-0.25, -0.2) is 9.36 Å². The molecular weight excluding hydrogens is 362 g/mol. The standard InChI is InChI=1S/C20H23N3O3S/c1-5-14(16(21)24)23-18(25)15-13(10-27-17(15)22-19(23)26)11-6-8-12(9-7-11)20(2,3)4/h6-10,14H,5H2,1-4H3,(H2,21,24)(H,22,26). The maximum atomic E-state index is 13.1. The molecule has 1 unspecified atom stereocenters. The Balaban J connectivity index is 2.23. The number of primary amides is 1. The lowest BCUT2D eigenvalue weighted by Gasteiger charge is -2.19. The summed E-state index contributed by atoms with van der Waals surface area (Å²) in [6.07, 6.45) is 0.267. The van der Waals surface area contributed by atoms with E-state index in [0.717, 1.165) is 15.7 Å². The number of nitrogens with zero attached hydrogens (tertiary/aromatic N) is 1. The van der Waals surface area contributed by atoms with Crippen molar-refractivity contribution in [3.05, 3.63) is 56.0 Å². The number of aromatic nitrogens is 2. The topological polar surface area (TPSA) is 97.9 Å². The molecule has 27 heavy (non-hydrogen) atoms. The van der Waals surface area contributed by atoms with Crippen LogP contribution in [0.15, 0.2) is 39.2 Å². The average molecular weight is 385 g/mol. The maximum Gasteiger partial charge on any atom is 0.330 e. The summed E-state index contributed by atoms with van der Waals surface area (Å²) in [5, 5.41) is 2.26. The van der Waals surface area contributed by atoms with Gasteiger partial charge in [-0.2, -0.15) is 0 Å². The van der Waals surface area contributed by atoms with Crippen molar-refractivity contribution >= 4 is 27.5 Å². The fourth-order valence-corrected chi connectivity index (χ4v) is 4.14. The predicted molar refractivity (Wildman–Crippen MR) is 109 cm³/mol. The molecular formula is C20H23N3O3S. The first-order valence-electron chi connectivity index (χ1n) is 8.81. The SMILES string of the molecule is CCC(C(N)=O)n1c(=O)[nH]c2scc(-c3ccc(C(C)(C)C)cc3)c2c1=O. The summed E-state index contributed by atoms with van der Waals surface area (Å²) in [6.45, 7) is 8.13. The van der Waals surface area contributed by atoms with Crippen molar-refractivity contribution in [2.24, 2.45) is 5.73 Å². The summed E-state index contributed by atoms with van der Waals surface area (Å²) in [5.41, 5.74) is 7.14. The number of aromatic amines is 1. The maximum absolute atomic E-state index is 13.1. The highest BCUT2D eigenvalue weighted by atomic mass is 32.1. The molecule has 2 aromatic heterocycles. The van der Waals surface area contributed by atoms with Crippen LogP contribution >= 0.6 is 11.3 Å². The molecule has 0 spiro atoms. The zero-order valence-electron chi connectivity index (χ0n) is 15.8. The van der Waals surface area contributed by atoms with Gasteiger partial charge in [0, 0.05) is 10.9 Å². The fourth-order valence-electron chi connectivity index (χ4n) is 3.19. The predicted octanol–water partition coefficient (Wildman–Crippen LogP) is 3.15. The Morgan fingerprint density at radius 1 is 1.22 bits per heavy atom. The van der Waals surface area contributed by atoms with E-state index >= 15 is 0 Å². The highest BCUT2D eigenvalue weighted by molar-refractivity contribution is 7.17. The molecule has 0 aliphatic carbocycles. The van der Waals surface area contributed by atoms with Crippen LogP contribution in [0.2, 0.25) is 0 Å². The molecule has 142 valence electrons. The van der Waals surface area contributed by atoms with E-state index in [2.05, 4.69) is 25.8 Å². The number of nitrogens with two attached hydrogens (primary N) is 1. The van der Waals surface area contributed by atoms with Gasteiger partial charge in [0.2, 0.25) is 5.91 Å².